The van der Waals surface area contributed by atoms with E-state index in [0.717, 1.165) is 43.2 Å². The van der Waals surface area contributed by atoms with E-state index in [1.54, 1.807) is 6.20 Å². The Morgan fingerprint density at radius 2 is 1.89 bits per heavy atom. The molecule has 2 heterocycles. The number of piperidine rings is 1. The van der Waals surface area contributed by atoms with Crippen molar-refractivity contribution in [1.82, 2.24) is 14.7 Å². The van der Waals surface area contributed by atoms with E-state index < -0.39 is 0 Å². The van der Waals surface area contributed by atoms with Gasteiger partial charge in [0.2, 0.25) is 5.91 Å². The number of hydrogen-bond donors (Lipinski definition) is 1. The molecule has 0 spiro atoms. The number of allylic oxidation sites excluding steroid dienone is 2. The Balaban J connectivity index is 1.29. The summed E-state index contributed by atoms with van der Waals surface area (Å²) in [4.78, 5) is 15.0. The molecule has 1 saturated heterocycles. The number of anilines is 1. The van der Waals surface area contributed by atoms with Crippen LogP contribution in [-0.2, 0) is 11.2 Å². The zero-order valence-electron chi connectivity index (χ0n) is 16.5. The van der Waals surface area contributed by atoms with E-state index in [-0.39, 0.29) is 5.91 Å². The summed E-state index contributed by atoms with van der Waals surface area (Å²) >= 11 is 0. The van der Waals surface area contributed by atoms with Gasteiger partial charge in [0.25, 0.3) is 0 Å². The number of hydrogen-bond acceptors (Lipinski definition) is 3. The van der Waals surface area contributed by atoms with Gasteiger partial charge in [-0.25, -0.2) is 4.68 Å². The normalized spacial score (nSPS) is 20.9. The van der Waals surface area contributed by atoms with Crippen LogP contribution in [0.3, 0.4) is 0 Å². The van der Waals surface area contributed by atoms with Crippen LogP contribution >= 0.6 is 0 Å². The second kappa shape index (κ2) is 9.20. The number of nitrogens with zero attached hydrogens (tertiary/aromatic N) is 3. The van der Waals surface area contributed by atoms with Gasteiger partial charge in [0.05, 0.1) is 18.7 Å². The second-order valence-corrected chi connectivity index (χ2v) is 8.05. The summed E-state index contributed by atoms with van der Waals surface area (Å²) in [6, 6.07) is 12.1. The van der Waals surface area contributed by atoms with Crippen LogP contribution in [0.2, 0.25) is 0 Å². The minimum absolute atomic E-state index is 0.00994. The molecule has 1 fully saturated rings. The smallest absolute Gasteiger partial charge is 0.229 e. The first kappa shape index (κ1) is 18.9. The number of carbonyl (C=O) groups excluding carboxylic acids is 1. The fourth-order valence-corrected chi connectivity index (χ4v) is 4.41. The first-order valence-corrected chi connectivity index (χ1v) is 10.5. The number of carbonyl (C=O) groups is 1. The lowest BCUT2D eigenvalue weighted by Crippen LogP contribution is -2.38. The molecule has 1 aromatic heterocycles. The van der Waals surface area contributed by atoms with Crippen molar-refractivity contribution >= 4 is 11.7 Å². The molecule has 0 unspecified atom stereocenters. The van der Waals surface area contributed by atoms with Gasteiger partial charge in [-0.2, -0.15) is 5.10 Å². The molecule has 5 nitrogen and oxygen atoms in total. The molecular formula is C23H30N4O. The maximum Gasteiger partial charge on any atom is 0.229 e. The lowest BCUT2D eigenvalue weighted by molar-refractivity contribution is -0.115. The maximum atomic E-state index is 12.4. The largest absolute Gasteiger partial charge is 0.311 e. The van der Waals surface area contributed by atoms with Crippen LogP contribution in [0, 0.1) is 5.92 Å². The van der Waals surface area contributed by atoms with E-state index in [9.17, 15) is 4.79 Å². The van der Waals surface area contributed by atoms with Crippen molar-refractivity contribution in [2.75, 3.05) is 25.0 Å². The molecule has 28 heavy (non-hydrogen) atoms. The Bertz CT molecular complexity index is 790. The summed E-state index contributed by atoms with van der Waals surface area (Å²) in [5.41, 5.74) is 1.02. The quantitative estimate of drug-likeness (QED) is 0.771. The first-order valence-electron chi connectivity index (χ1n) is 10.5. The number of likely N-dealkylation sites (tertiary alicyclic amines) is 1. The molecule has 2 aromatic rings. The molecule has 1 aliphatic carbocycles. The highest BCUT2D eigenvalue weighted by Crippen LogP contribution is 2.27. The van der Waals surface area contributed by atoms with Crippen LogP contribution in [-0.4, -0.2) is 40.2 Å². The highest BCUT2D eigenvalue weighted by molar-refractivity contribution is 5.91. The molecule has 0 radical (unpaired) electrons. The van der Waals surface area contributed by atoms with Gasteiger partial charge in [-0.05, 0) is 43.6 Å². The monoisotopic (exact) mass is 378 g/mol. The summed E-state index contributed by atoms with van der Waals surface area (Å²) in [7, 11) is 0. The number of benzene rings is 1. The average molecular weight is 379 g/mol. The van der Waals surface area contributed by atoms with Gasteiger partial charge < -0.3 is 10.2 Å². The highest BCUT2D eigenvalue weighted by Gasteiger charge is 2.24. The fraction of sp³-hybridized carbons (Fsp3) is 0.478. The van der Waals surface area contributed by atoms with Crippen molar-refractivity contribution < 1.29 is 4.79 Å². The number of amides is 1. The summed E-state index contributed by atoms with van der Waals surface area (Å²) in [5.74, 6) is 1.65. The third-order valence-electron chi connectivity index (χ3n) is 5.94. The predicted octanol–water partition coefficient (Wildman–Crippen LogP) is 4.06. The molecule has 0 bridgehead atoms. The van der Waals surface area contributed by atoms with Gasteiger partial charge in [-0.3, -0.25) is 4.79 Å². The highest BCUT2D eigenvalue weighted by atomic mass is 16.1. The van der Waals surface area contributed by atoms with Gasteiger partial charge in [0.15, 0.2) is 0 Å². The SMILES string of the molecule is O=C(Cc1ccccc1)Nc1ccnn1C1CCN(C[C@H]2CC=CCC2)CC1. The van der Waals surface area contributed by atoms with E-state index in [2.05, 4.69) is 27.5 Å². The van der Waals surface area contributed by atoms with E-state index in [0.29, 0.717) is 12.5 Å². The lowest BCUT2D eigenvalue weighted by atomic mass is 9.93. The van der Waals surface area contributed by atoms with Gasteiger partial charge >= 0.3 is 0 Å². The molecule has 1 amide bonds. The first-order chi connectivity index (χ1) is 13.8. The Morgan fingerprint density at radius 1 is 1.07 bits per heavy atom. The summed E-state index contributed by atoms with van der Waals surface area (Å²) in [6.07, 6.45) is 12.8. The molecule has 1 atom stereocenters. The Kier molecular flexibility index (Phi) is 6.22. The molecule has 4 rings (SSSR count). The zero-order chi connectivity index (χ0) is 19.2. The summed E-state index contributed by atoms with van der Waals surface area (Å²) < 4.78 is 2.02. The molecule has 1 N–H and O–H groups in total. The predicted molar refractivity (Wildman–Crippen MR) is 112 cm³/mol. The molecule has 2 aliphatic rings. The number of nitrogens with one attached hydrogen (secondary N) is 1. The molecular weight excluding hydrogens is 348 g/mol. The van der Waals surface area contributed by atoms with Crippen molar-refractivity contribution in [3.8, 4) is 0 Å². The van der Waals surface area contributed by atoms with Crippen LogP contribution in [0.5, 0.6) is 0 Å². The number of aromatic nitrogens is 2. The minimum atomic E-state index is 0.00994. The van der Waals surface area contributed by atoms with Gasteiger partial charge in [-0.15, -0.1) is 0 Å². The van der Waals surface area contributed by atoms with Gasteiger partial charge in [-0.1, -0.05) is 42.5 Å². The number of rotatable bonds is 6. The van der Waals surface area contributed by atoms with Crippen molar-refractivity contribution in [1.29, 1.82) is 0 Å². The van der Waals surface area contributed by atoms with Crippen molar-refractivity contribution in [3.63, 3.8) is 0 Å². The fourth-order valence-electron chi connectivity index (χ4n) is 4.41. The van der Waals surface area contributed by atoms with Crippen LogP contribution < -0.4 is 5.32 Å². The lowest BCUT2D eigenvalue weighted by Gasteiger charge is -2.35. The second-order valence-electron chi connectivity index (χ2n) is 8.05. The summed E-state index contributed by atoms with van der Waals surface area (Å²) in [6.45, 7) is 3.45. The molecule has 5 heteroatoms. The van der Waals surface area contributed by atoms with Gasteiger partial charge in [0.1, 0.15) is 5.82 Å². The Labute approximate surface area is 167 Å². The van der Waals surface area contributed by atoms with Crippen LogP contribution in [0.25, 0.3) is 0 Å². The topological polar surface area (TPSA) is 50.2 Å². The maximum absolute atomic E-state index is 12.4. The molecule has 1 aromatic carbocycles. The van der Waals surface area contributed by atoms with Crippen molar-refractivity contribution in [2.24, 2.45) is 5.92 Å². The standard InChI is InChI=1S/C23H30N4O/c28-23(17-19-7-3-1-4-8-19)25-22-11-14-24-27(22)21-12-15-26(16-13-21)18-20-9-5-2-6-10-20/h1-5,7-8,11,14,20-21H,6,9-10,12-13,15-18H2,(H,25,28)/t20-/m0/s1. The van der Waals surface area contributed by atoms with E-state index in [1.165, 1.54) is 25.8 Å². The van der Waals surface area contributed by atoms with Gasteiger partial charge in [0, 0.05) is 25.7 Å². The molecule has 148 valence electrons. The Hall–Kier alpha value is -2.40. The molecule has 0 saturated carbocycles. The van der Waals surface area contributed by atoms with Crippen LogP contribution in [0.15, 0.2) is 54.7 Å². The minimum Gasteiger partial charge on any atom is -0.311 e. The van der Waals surface area contributed by atoms with E-state index >= 15 is 0 Å². The van der Waals surface area contributed by atoms with E-state index in [4.69, 9.17) is 0 Å². The third-order valence-corrected chi connectivity index (χ3v) is 5.94. The van der Waals surface area contributed by atoms with Crippen molar-refractivity contribution in [2.45, 2.75) is 44.6 Å². The van der Waals surface area contributed by atoms with Crippen LogP contribution in [0.4, 0.5) is 5.82 Å². The zero-order valence-corrected chi connectivity index (χ0v) is 16.5. The van der Waals surface area contributed by atoms with E-state index in [1.807, 2.05) is 41.1 Å². The molecule has 1 aliphatic heterocycles. The third kappa shape index (κ3) is 4.90. The summed E-state index contributed by atoms with van der Waals surface area (Å²) in [5, 5.41) is 7.57. The Morgan fingerprint density at radius 3 is 2.64 bits per heavy atom. The average Bonchev–Trinajstić information content (AvgIpc) is 3.18. The van der Waals surface area contributed by atoms with Crippen molar-refractivity contribution in [3.05, 3.63) is 60.3 Å². The van der Waals surface area contributed by atoms with Crippen LogP contribution in [0.1, 0.15) is 43.7 Å².